The second kappa shape index (κ2) is 5.70. The Labute approximate surface area is 138 Å². The Morgan fingerprint density at radius 1 is 1.48 bits per heavy atom. The summed E-state index contributed by atoms with van der Waals surface area (Å²) >= 11 is 0. The molecule has 0 radical (unpaired) electrons. The van der Waals surface area contributed by atoms with Crippen LogP contribution in [0.3, 0.4) is 0 Å². The summed E-state index contributed by atoms with van der Waals surface area (Å²) in [4.78, 5) is 12.5. The first-order valence-electron chi connectivity index (χ1n) is 8.49. The Kier molecular flexibility index (Phi) is 3.99. The molecule has 0 N–H and O–H groups in total. The monoisotopic (exact) mass is 314 g/mol. The zero-order chi connectivity index (χ0) is 16.8. The molecule has 0 fully saturated rings. The molecule has 1 aromatic rings. The van der Waals surface area contributed by atoms with Crippen LogP contribution in [0.2, 0.25) is 0 Å². The number of aryl methyl sites for hydroxylation is 1. The number of allylic oxidation sites excluding steroid dienone is 2. The van der Waals surface area contributed by atoms with Gasteiger partial charge in [-0.1, -0.05) is 31.6 Å². The second-order valence-corrected chi connectivity index (χ2v) is 7.18. The van der Waals surface area contributed by atoms with Gasteiger partial charge in [0.05, 0.1) is 6.26 Å². The Bertz CT molecular complexity index is 692. The van der Waals surface area contributed by atoms with Gasteiger partial charge in [-0.05, 0) is 45.1 Å². The van der Waals surface area contributed by atoms with Crippen LogP contribution in [-0.4, -0.2) is 5.97 Å². The number of furan rings is 1. The van der Waals surface area contributed by atoms with E-state index in [4.69, 9.17) is 9.15 Å². The third kappa shape index (κ3) is 2.37. The van der Waals surface area contributed by atoms with Crippen molar-refractivity contribution in [2.45, 2.75) is 60.0 Å². The molecule has 0 saturated carbocycles. The predicted molar refractivity (Wildman–Crippen MR) is 90.0 cm³/mol. The molecule has 1 aromatic heterocycles. The minimum Gasteiger partial charge on any atom is -0.468 e. The van der Waals surface area contributed by atoms with Crippen LogP contribution in [-0.2, 0) is 16.0 Å². The Hall–Kier alpha value is -1.77. The molecule has 2 aliphatic carbocycles. The standard InChI is InChI=1S/C20H26O3/c1-6-12(2)19(21)23-18-17-13(3)11-22-16(17)10-15-9-7-8-14(4)20(15,18)5/h6,9,11,14,18H,7-8,10H2,1-5H3/b12-6+. The lowest BCUT2D eigenvalue weighted by Crippen LogP contribution is -2.42. The summed E-state index contributed by atoms with van der Waals surface area (Å²) < 4.78 is 11.8. The summed E-state index contributed by atoms with van der Waals surface area (Å²) in [6, 6.07) is 0. The molecule has 0 saturated heterocycles. The van der Waals surface area contributed by atoms with Gasteiger partial charge in [0.15, 0.2) is 0 Å². The van der Waals surface area contributed by atoms with Crippen LogP contribution in [0.4, 0.5) is 0 Å². The minimum atomic E-state index is -0.269. The van der Waals surface area contributed by atoms with Gasteiger partial charge >= 0.3 is 5.97 Å². The highest BCUT2D eigenvalue weighted by molar-refractivity contribution is 5.88. The van der Waals surface area contributed by atoms with Crippen LogP contribution < -0.4 is 0 Å². The molecule has 0 bridgehead atoms. The molecule has 124 valence electrons. The third-order valence-electron chi connectivity index (χ3n) is 5.95. The fourth-order valence-corrected chi connectivity index (χ4v) is 4.00. The van der Waals surface area contributed by atoms with E-state index >= 15 is 0 Å². The first-order valence-corrected chi connectivity index (χ1v) is 8.49. The van der Waals surface area contributed by atoms with E-state index < -0.39 is 0 Å². The molecule has 0 spiro atoms. The number of ether oxygens (including phenoxy) is 1. The Balaban J connectivity index is 2.11. The Morgan fingerprint density at radius 3 is 2.91 bits per heavy atom. The van der Waals surface area contributed by atoms with E-state index in [1.165, 1.54) is 5.57 Å². The first-order chi connectivity index (χ1) is 10.9. The molecule has 23 heavy (non-hydrogen) atoms. The highest BCUT2D eigenvalue weighted by atomic mass is 16.5. The summed E-state index contributed by atoms with van der Waals surface area (Å²) in [7, 11) is 0. The lowest BCUT2D eigenvalue weighted by molar-refractivity contribution is -0.153. The number of carbonyl (C=O) groups excluding carboxylic acids is 1. The smallest absolute Gasteiger partial charge is 0.334 e. The van der Waals surface area contributed by atoms with Gasteiger partial charge in [0, 0.05) is 23.0 Å². The number of carbonyl (C=O) groups is 1. The average molecular weight is 314 g/mol. The topological polar surface area (TPSA) is 39.4 Å². The van der Waals surface area contributed by atoms with Crippen molar-refractivity contribution in [2.24, 2.45) is 11.3 Å². The molecule has 2 aliphatic rings. The van der Waals surface area contributed by atoms with Crippen molar-refractivity contribution >= 4 is 5.97 Å². The van der Waals surface area contributed by atoms with Crippen LogP contribution in [0.5, 0.6) is 0 Å². The molecule has 3 nitrogen and oxygen atoms in total. The summed E-state index contributed by atoms with van der Waals surface area (Å²) in [6.45, 7) is 10.2. The van der Waals surface area contributed by atoms with E-state index in [-0.39, 0.29) is 17.5 Å². The van der Waals surface area contributed by atoms with E-state index in [9.17, 15) is 4.79 Å². The molecule has 3 rings (SSSR count). The van der Waals surface area contributed by atoms with E-state index in [0.717, 1.165) is 36.1 Å². The van der Waals surface area contributed by atoms with Crippen molar-refractivity contribution in [2.75, 3.05) is 0 Å². The number of fused-ring (bicyclic) bond motifs is 2. The van der Waals surface area contributed by atoms with Gasteiger partial charge in [0.1, 0.15) is 11.9 Å². The maximum atomic E-state index is 12.5. The molecule has 0 amide bonds. The SMILES string of the molecule is C/C=C(\C)C(=O)OC1c2c(C)coc2CC2=CCCC(C)C21C. The molecule has 3 heteroatoms. The van der Waals surface area contributed by atoms with Gasteiger partial charge in [-0.15, -0.1) is 0 Å². The summed E-state index contributed by atoms with van der Waals surface area (Å²) in [5, 5.41) is 0. The summed E-state index contributed by atoms with van der Waals surface area (Å²) in [5.41, 5.74) is 4.01. The van der Waals surface area contributed by atoms with Crippen LogP contribution in [0.25, 0.3) is 0 Å². The van der Waals surface area contributed by atoms with Crippen molar-refractivity contribution in [1.29, 1.82) is 0 Å². The van der Waals surface area contributed by atoms with E-state index in [1.807, 2.05) is 13.8 Å². The highest BCUT2D eigenvalue weighted by Crippen LogP contribution is 2.57. The first kappa shape index (κ1) is 16.1. The van der Waals surface area contributed by atoms with Crippen LogP contribution >= 0.6 is 0 Å². The maximum Gasteiger partial charge on any atom is 0.334 e. The van der Waals surface area contributed by atoms with Crippen LogP contribution in [0.1, 0.15) is 63.5 Å². The van der Waals surface area contributed by atoms with Crippen molar-refractivity contribution < 1.29 is 13.9 Å². The summed E-state index contributed by atoms with van der Waals surface area (Å²) in [6.07, 6.45) is 8.70. The fourth-order valence-electron chi connectivity index (χ4n) is 4.00. The van der Waals surface area contributed by atoms with Gasteiger partial charge in [0.2, 0.25) is 0 Å². The highest BCUT2D eigenvalue weighted by Gasteiger charge is 2.51. The number of rotatable bonds is 2. The number of esters is 1. The number of hydrogen-bond acceptors (Lipinski definition) is 3. The molecule has 0 aliphatic heterocycles. The van der Waals surface area contributed by atoms with Gasteiger partial charge in [0.25, 0.3) is 0 Å². The van der Waals surface area contributed by atoms with E-state index in [0.29, 0.717) is 11.5 Å². The largest absolute Gasteiger partial charge is 0.468 e. The van der Waals surface area contributed by atoms with Crippen molar-refractivity contribution in [3.63, 3.8) is 0 Å². The quantitative estimate of drug-likeness (QED) is 0.435. The van der Waals surface area contributed by atoms with Crippen LogP contribution in [0, 0.1) is 18.3 Å². The van der Waals surface area contributed by atoms with Crippen LogP contribution in [0.15, 0.2) is 34.0 Å². The van der Waals surface area contributed by atoms with Crippen molar-refractivity contribution in [3.05, 3.63) is 46.4 Å². The molecule has 1 heterocycles. The minimum absolute atomic E-state index is 0.149. The lowest BCUT2D eigenvalue weighted by Gasteiger charge is -2.48. The molecular weight excluding hydrogens is 288 g/mol. The fraction of sp³-hybridized carbons (Fsp3) is 0.550. The number of hydrogen-bond donors (Lipinski definition) is 0. The molecule has 3 atom stereocenters. The van der Waals surface area contributed by atoms with Gasteiger partial charge in [-0.25, -0.2) is 4.79 Å². The zero-order valence-corrected chi connectivity index (χ0v) is 14.7. The van der Waals surface area contributed by atoms with E-state index in [1.54, 1.807) is 19.3 Å². The van der Waals surface area contributed by atoms with Gasteiger partial charge < -0.3 is 9.15 Å². The predicted octanol–water partition coefficient (Wildman–Crippen LogP) is 5.06. The average Bonchev–Trinajstić information content (AvgIpc) is 2.89. The zero-order valence-electron chi connectivity index (χ0n) is 14.7. The maximum absolute atomic E-state index is 12.5. The van der Waals surface area contributed by atoms with Gasteiger partial charge in [-0.2, -0.15) is 0 Å². The van der Waals surface area contributed by atoms with E-state index in [2.05, 4.69) is 19.9 Å². The Morgan fingerprint density at radius 2 is 2.22 bits per heavy atom. The normalized spacial score (nSPS) is 30.3. The van der Waals surface area contributed by atoms with Crippen molar-refractivity contribution in [1.82, 2.24) is 0 Å². The van der Waals surface area contributed by atoms with Crippen molar-refractivity contribution in [3.8, 4) is 0 Å². The van der Waals surface area contributed by atoms with Gasteiger partial charge in [-0.3, -0.25) is 0 Å². The summed E-state index contributed by atoms with van der Waals surface area (Å²) in [5.74, 6) is 1.19. The second-order valence-electron chi connectivity index (χ2n) is 7.18. The molecule has 3 unspecified atom stereocenters. The lowest BCUT2D eigenvalue weighted by atomic mass is 9.58. The third-order valence-corrected chi connectivity index (χ3v) is 5.95. The molecule has 0 aromatic carbocycles. The molecular formula is C20H26O3.